The second-order valence-corrected chi connectivity index (χ2v) is 2.48. The third-order valence-corrected chi connectivity index (χ3v) is 1.40. The van der Waals surface area contributed by atoms with Gasteiger partial charge in [-0.3, -0.25) is 0 Å². The molecule has 1 heteroatoms. The van der Waals surface area contributed by atoms with E-state index in [0.29, 0.717) is 0 Å². The molecule has 0 fully saturated rings. The van der Waals surface area contributed by atoms with Crippen LogP contribution in [-0.2, 0) is 0 Å². The maximum atomic E-state index is 3.70. The van der Waals surface area contributed by atoms with Gasteiger partial charge in [0.2, 0.25) is 0 Å². The molecule has 0 saturated heterocycles. The summed E-state index contributed by atoms with van der Waals surface area (Å²) in [6.07, 6.45) is 1.86. The van der Waals surface area contributed by atoms with E-state index >= 15 is 0 Å². The molecular formula is C10H11Li. The summed E-state index contributed by atoms with van der Waals surface area (Å²) in [6.45, 7) is 7.78. The molecule has 0 aliphatic carbocycles. The fourth-order valence-electron chi connectivity index (χ4n) is 1.04. The number of rotatable bonds is 1. The zero-order valence-corrected chi connectivity index (χ0v) is 7.44. The Bertz CT molecular complexity index is 231. The Morgan fingerprint density at radius 1 is 1.27 bits per heavy atom. The minimum atomic E-state index is 0. The molecule has 0 spiro atoms. The molecule has 1 aromatic carbocycles. The smallest absolute Gasteiger partial charge is 0.177 e. The maximum absolute atomic E-state index is 3.70. The Balaban J connectivity index is 0.000001000. The van der Waals surface area contributed by atoms with Crippen LogP contribution in [0.3, 0.4) is 0 Å². The van der Waals surface area contributed by atoms with Gasteiger partial charge in [-0.2, -0.15) is 29.3 Å². The summed E-state index contributed by atoms with van der Waals surface area (Å²) in [4.78, 5) is 0. The molecule has 0 saturated carbocycles. The molecule has 1 aromatic rings. The molecule has 0 nitrogen and oxygen atoms in total. The molecule has 52 valence electrons. The van der Waals surface area contributed by atoms with Gasteiger partial charge in [0.1, 0.15) is 0 Å². The molecule has 1 rings (SSSR count). The van der Waals surface area contributed by atoms with Crippen molar-refractivity contribution in [2.24, 2.45) is 0 Å². The molecule has 0 aliphatic heterocycles. The van der Waals surface area contributed by atoms with Crippen molar-refractivity contribution in [3.63, 3.8) is 0 Å². The van der Waals surface area contributed by atoms with Crippen molar-refractivity contribution < 1.29 is 18.9 Å². The maximum Gasteiger partial charge on any atom is 1.00 e. The minimum Gasteiger partial charge on any atom is -0.177 e. The van der Waals surface area contributed by atoms with Crippen LogP contribution in [0.1, 0.15) is 16.7 Å². The first-order valence-electron chi connectivity index (χ1n) is 3.35. The molecular weight excluding hydrogens is 127 g/mol. The number of benzene rings is 1. The standard InChI is InChI=1S/C10H11.Li/c1-4-10-6-8(2)5-9(3)7-10;/h4,6-7H,1H2,2-3H3;/q-1;+1. The summed E-state index contributed by atoms with van der Waals surface area (Å²) in [6, 6.07) is 7.34. The fourth-order valence-corrected chi connectivity index (χ4v) is 1.04. The summed E-state index contributed by atoms with van der Waals surface area (Å²) in [5.41, 5.74) is 3.53. The largest absolute Gasteiger partial charge is 1.00 e. The number of aryl methyl sites for hydroxylation is 2. The quantitative estimate of drug-likeness (QED) is 0.371. The van der Waals surface area contributed by atoms with Crippen molar-refractivity contribution in [1.29, 1.82) is 0 Å². The topological polar surface area (TPSA) is 0 Å². The first kappa shape index (κ1) is 10.6. The van der Waals surface area contributed by atoms with Crippen molar-refractivity contribution in [3.8, 4) is 0 Å². The van der Waals surface area contributed by atoms with E-state index in [2.05, 4.69) is 24.8 Å². The summed E-state index contributed by atoms with van der Waals surface area (Å²) in [5.74, 6) is 0. The zero-order chi connectivity index (χ0) is 7.56. The second-order valence-electron chi connectivity index (χ2n) is 2.48. The van der Waals surface area contributed by atoms with Gasteiger partial charge in [-0.05, 0) is 0 Å². The van der Waals surface area contributed by atoms with Gasteiger partial charge in [-0.15, -0.1) is 12.1 Å². The monoisotopic (exact) mass is 138 g/mol. The van der Waals surface area contributed by atoms with Gasteiger partial charge < -0.3 is 0 Å². The molecule has 11 heavy (non-hydrogen) atoms. The van der Waals surface area contributed by atoms with Crippen molar-refractivity contribution in [3.05, 3.63) is 41.5 Å². The van der Waals surface area contributed by atoms with Crippen molar-refractivity contribution in [1.82, 2.24) is 0 Å². The SMILES string of the molecule is C=Cc1cc(C)[c-]c(C)c1.[Li+]. The van der Waals surface area contributed by atoms with Crippen LogP contribution in [0.5, 0.6) is 0 Å². The Morgan fingerprint density at radius 3 is 2.09 bits per heavy atom. The van der Waals surface area contributed by atoms with Crippen LogP contribution >= 0.6 is 0 Å². The van der Waals surface area contributed by atoms with Crippen LogP contribution in [0.15, 0.2) is 18.7 Å². The van der Waals surface area contributed by atoms with E-state index in [4.69, 9.17) is 0 Å². The second kappa shape index (κ2) is 4.44. The first-order valence-corrected chi connectivity index (χ1v) is 3.35. The summed E-state index contributed by atoms with van der Waals surface area (Å²) in [5, 5.41) is 0. The van der Waals surface area contributed by atoms with E-state index in [9.17, 15) is 0 Å². The molecule has 0 aromatic heterocycles. The molecule has 0 N–H and O–H groups in total. The van der Waals surface area contributed by atoms with Gasteiger partial charge in [0.25, 0.3) is 0 Å². The van der Waals surface area contributed by atoms with E-state index in [0.717, 1.165) is 0 Å². The van der Waals surface area contributed by atoms with Crippen LogP contribution in [0.4, 0.5) is 0 Å². The third-order valence-electron chi connectivity index (χ3n) is 1.40. The zero-order valence-electron chi connectivity index (χ0n) is 7.44. The van der Waals surface area contributed by atoms with Gasteiger partial charge in [-0.25, -0.2) is 0 Å². The normalized spacial score (nSPS) is 8.55. The van der Waals surface area contributed by atoms with E-state index in [1.807, 2.05) is 19.9 Å². The Hall–Kier alpha value is -0.443. The molecule has 0 amide bonds. The van der Waals surface area contributed by atoms with Crippen LogP contribution in [0.25, 0.3) is 6.08 Å². The first-order chi connectivity index (χ1) is 4.72. The minimum absolute atomic E-state index is 0. The van der Waals surface area contributed by atoms with Gasteiger partial charge in [-0.1, -0.05) is 19.9 Å². The van der Waals surface area contributed by atoms with E-state index < -0.39 is 0 Å². The molecule has 0 atom stereocenters. The van der Waals surface area contributed by atoms with Crippen LogP contribution in [0.2, 0.25) is 0 Å². The number of hydrogen-bond donors (Lipinski definition) is 0. The Morgan fingerprint density at radius 2 is 1.73 bits per heavy atom. The predicted molar refractivity (Wildman–Crippen MR) is 44.8 cm³/mol. The molecule has 0 aliphatic rings. The van der Waals surface area contributed by atoms with E-state index in [-0.39, 0.29) is 18.9 Å². The van der Waals surface area contributed by atoms with E-state index in [1.165, 1.54) is 16.7 Å². The molecule has 0 heterocycles. The van der Waals surface area contributed by atoms with Crippen molar-refractivity contribution in [2.75, 3.05) is 0 Å². The molecule has 0 bridgehead atoms. The van der Waals surface area contributed by atoms with Gasteiger partial charge in [0, 0.05) is 0 Å². The summed E-state index contributed by atoms with van der Waals surface area (Å²) in [7, 11) is 0. The van der Waals surface area contributed by atoms with Crippen molar-refractivity contribution >= 4 is 6.08 Å². The van der Waals surface area contributed by atoms with Gasteiger partial charge in [0.05, 0.1) is 0 Å². The average Bonchev–Trinajstić information content (AvgIpc) is 1.85. The molecule has 0 unspecified atom stereocenters. The number of hydrogen-bond acceptors (Lipinski definition) is 0. The summed E-state index contributed by atoms with van der Waals surface area (Å²) < 4.78 is 0. The predicted octanol–water partition coefficient (Wildman–Crippen LogP) is -0.249. The van der Waals surface area contributed by atoms with Gasteiger partial charge >= 0.3 is 18.9 Å². The summed E-state index contributed by atoms with van der Waals surface area (Å²) >= 11 is 0. The third kappa shape index (κ3) is 2.97. The van der Waals surface area contributed by atoms with Gasteiger partial charge in [0.15, 0.2) is 0 Å². The Kier molecular flexibility index (Phi) is 4.26. The van der Waals surface area contributed by atoms with Crippen LogP contribution in [0, 0.1) is 19.9 Å². The van der Waals surface area contributed by atoms with Crippen LogP contribution in [-0.4, -0.2) is 0 Å². The van der Waals surface area contributed by atoms with E-state index in [1.54, 1.807) is 0 Å². The van der Waals surface area contributed by atoms with Crippen LogP contribution < -0.4 is 18.9 Å². The average molecular weight is 138 g/mol. The molecule has 0 radical (unpaired) electrons. The Labute approximate surface area is 80.5 Å². The fraction of sp³-hybridized carbons (Fsp3) is 0.200. The van der Waals surface area contributed by atoms with Crippen molar-refractivity contribution in [2.45, 2.75) is 13.8 Å².